The third-order valence-corrected chi connectivity index (χ3v) is 4.95. The minimum absolute atomic E-state index is 0.188. The first kappa shape index (κ1) is 15.7. The molecule has 1 atom stereocenters. The molecule has 23 heavy (non-hydrogen) atoms. The van der Waals surface area contributed by atoms with Gasteiger partial charge in [0.05, 0.1) is 11.7 Å². The van der Waals surface area contributed by atoms with E-state index < -0.39 is 0 Å². The number of anilines is 1. The summed E-state index contributed by atoms with van der Waals surface area (Å²) in [6.07, 6.45) is 0. The molecule has 2 aromatic carbocycles. The molecule has 0 aliphatic rings. The van der Waals surface area contributed by atoms with Crippen molar-refractivity contribution in [2.75, 3.05) is 19.0 Å². The number of nitrogens with two attached hydrogens (primary N) is 1. The molecular weight excluding hydrogens is 302 g/mol. The molecule has 0 spiro atoms. The topological polar surface area (TPSA) is 42.1 Å². The molecule has 3 aromatic rings. The normalized spacial score (nSPS) is 12.2. The van der Waals surface area contributed by atoms with Gasteiger partial charge in [0.15, 0.2) is 0 Å². The summed E-state index contributed by atoms with van der Waals surface area (Å²) in [6.45, 7) is 2.10. The molecular formula is C19H21N3S. The maximum Gasteiger partial charge on any atom is 0.115 e. The fraction of sp³-hybridized carbons (Fsp3) is 0.211. The van der Waals surface area contributed by atoms with Crippen LogP contribution in [0.5, 0.6) is 0 Å². The van der Waals surface area contributed by atoms with Crippen molar-refractivity contribution < 1.29 is 0 Å². The summed E-state index contributed by atoms with van der Waals surface area (Å²) >= 11 is 1.68. The van der Waals surface area contributed by atoms with Crippen LogP contribution in [-0.2, 0) is 0 Å². The molecule has 118 valence electrons. The van der Waals surface area contributed by atoms with Crippen LogP contribution in [0.15, 0.2) is 54.6 Å². The molecule has 1 aromatic heterocycles. The first-order valence-corrected chi connectivity index (χ1v) is 8.43. The van der Waals surface area contributed by atoms with Crippen molar-refractivity contribution >= 4 is 17.0 Å². The van der Waals surface area contributed by atoms with Gasteiger partial charge in [0.1, 0.15) is 5.01 Å². The molecule has 3 nitrogen and oxygen atoms in total. The molecule has 2 N–H and O–H groups in total. The molecule has 1 unspecified atom stereocenters. The van der Waals surface area contributed by atoms with Gasteiger partial charge in [0, 0.05) is 30.2 Å². The van der Waals surface area contributed by atoms with Crippen molar-refractivity contribution in [1.29, 1.82) is 0 Å². The summed E-state index contributed by atoms with van der Waals surface area (Å²) in [5.41, 5.74) is 10.9. The van der Waals surface area contributed by atoms with Crippen LogP contribution in [0.3, 0.4) is 0 Å². The largest absolute Gasteiger partial charge is 0.378 e. The lowest BCUT2D eigenvalue weighted by molar-refractivity contribution is 0.858. The standard InChI is InChI=1S/C19H21N3S/c1-13-18(15-7-5-4-6-8-15)21-19(23-13)17(20)14-9-11-16(12-10-14)22(2)3/h4-12,17H,20H2,1-3H3. The van der Waals surface area contributed by atoms with Crippen LogP contribution in [0, 0.1) is 6.92 Å². The van der Waals surface area contributed by atoms with Gasteiger partial charge < -0.3 is 10.6 Å². The highest BCUT2D eigenvalue weighted by Gasteiger charge is 2.16. The minimum Gasteiger partial charge on any atom is -0.378 e. The molecule has 0 saturated carbocycles. The van der Waals surface area contributed by atoms with Crippen LogP contribution in [0.1, 0.15) is 21.5 Å². The van der Waals surface area contributed by atoms with Crippen LogP contribution >= 0.6 is 11.3 Å². The van der Waals surface area contributed by atoms with Crippen molar-refractivity contribution in [3.8, 4) is 11.3 Å². The summed E-state index contributed by atoms with van der Waals surface area (Å²) in [4.78, 5) is 8.08. The zero-order chi connectivity index (χ0) is 16.4. The number of nitrogens with zero attached hydrogens (tertiary/aromatic N) is 2. The smallest absolute Gasteiger partial charge is 0.115 e. The predicted octanol–water partition coefficient (Wildman–Crippen LogP) is 4.23. The summed E-state index contributed by atoms with van der Waals surface area (Å²) in [7, 11) is 4.07. The van der Waals surface area contributed by atoms with Gasteiger partial charge >= 0.3 is 0 Å². The van der Waals surface area contributed by atoms with E-state index in [9.17, 15) is 0 Å². The lowest BCUT2D eigenvalue weighted by Crippen LogP contribution is -2.12. The lowest BCUT2D eigenvalue weighted by atomic mass is 10.1. The van der Waals surface area contributed by atoms with E-state index in [4.69, 9.17) is 10.7 Å². The Morgan fingerprint density at radius 1 is 1.00 bits per heavy atom. The first-order chi connectivity index (χ1) is 11.1. The zero-order valence-electron chi connectivity index (χ0n) is 13.7. The van der Waals surface area contributed by atoms with Crippen molar-refractivity contribution in [1.82, 2.24) is 4.98 Å². The number of aryl methyl sites for hydroxylation is 1. The van der Waals surface area contributed by atoms with E-state index >= 15 is 0 Å². The minimum atomic E-state index is -0.188. The Balaban J connectivity index is 1.90. The monoisotopic (exact) mass is 323 g/mol. The average Bonchev–Trinajstić information content (AvgIpc) is 2.97. The van der Waals surface area contributed by atoms with Crippen LogP contribution in [0.4, 0.5) is 5.69 Å². The van der Waals surface area contributed by atoms with Gasteiger partial charge in [-0.25, -0.2) is 4.98 Å². The van der Waals surface area contributed by atoms with E-state index in [1.54, 1.807) is 11.3 Å². The number of thiazole rings is 1. The molecule has 0 amide bonds. The van der Waals surface area contributed by atoms with E-state index in [0.717, 1.165) is 21.8 Å². The lowest BCUT2D eigenvalue weighted by Gasteiger charge is -2.14. The van der Waals surface area contributed by atoms with Gasteiger partial charge in [-0.1, -0.05) is 42.5 Å². The molecule has 0 radical (unpaired) electrons. The molecule has 0 bridgehead atoms. The van der Waals surface area contributed by atoms with Crippen molar-refractivity contribution in [2.45, 2.75) is 13.0 Å². The van der Waals surface area contributed by atoms with Gasteiger partial charge in [0.2, 0.25) is 0 Å². The maximum atomic E-state index is 6.44. The molecule has 4 heteroatoms. The van der Waals surface area contributed by atoms with E-state index in [0.29, 0.717) is 0 Å². The summed E-state index contributed by atoms with van der Waals surface area (Å²) in [5, 5.41) is 0.957. The number of rotatable bonds is 4. The summed E-state index contributed by atoms with van der Waals surface area (Å²) in [6, 6.07) is 18.4. The Hall–Kier alpha value is -2.17. The number of hydrogen-bond donors (Lipinski definition) is 1. The third kappa shape index (κ3) is 3.28. The Morgan fingerprint density at radius 2 is 1.65 bits per heavy atom. The van der Waals surface area contributed by atoms with Crippen molar-refractivity contribution in [3.05, 3.63) is 70.0 Å². The quantitative estimate of drug-likeness (QED) is 0.781. The van der Waals surface area contributed by atoms with Gasteiger partial charge in [-0.05, 0) is 24.6 Å². The van der Waals surface area contributed by atoms with Crippen molar-refractivity contribution in [3.63, 3.8) is 0 Å². The van der Waals surface area contributed by atoms with Crippen molar-refractivity contribution in [2.24, 2.45) is 5.73 Å². The highest BCUT2D eigenvalue weighted by atomic mass is 32.1. The highest BCUT2D eigenvalue weighted by Crippen LogP contribution is 2.32. The second-order valence-electron chi connectivity index (χ2n) is 5.79. The summed E-state index contributed by atoms with van der Waals surface area (Å²) in [5.74, 6) is 0. The third-order valence-electron chi connectivity index (χ3n) is 3.90. The fourth-order valence-electron chi connectivity index (χ4n) is 2.54. The second-order valence-corrected chi connectivity index (χ2v) is 7.02. The van der Waals surface area contributed by atoms with Crippen LogP contribution < -0.4 is 10.6 Å². The Morgan fingerprint density at radius 3 is 2.26 bits per heavy atom. The molecule has 0 saturated heterocycles. The average molecular weight is 323 g/mol. The first-order valence-electron chi connectivity index (χ1n) is 7.62. The van der Waals surface area contributed by atoms with Gasteiger partial charge in [-0.15, -0.1) is 11.3 Å². The molecule has 0 aliphatic carbocycles. The molecule has 3 rings (SSSR count). The second kappa shape index (κ2) is 6.52. The van der Waals surface area contributed by atoms with Crippen LogP contribution in [0.2, 0.25) is 0 Å². The maximum absolute atomic E-state index is 6.44. The number of hydrogen-bond acceptors (Lipinski definition) is 4. The highest BCUT2D eigenvalue weighted by molar-refractivity contribution is 7.12. The number of aromatic nitrogens is 1. The zero-order valence-corrected chi connectivity index (χ0v) is 14.5. The van der Waals surface area contributed by atoms with E-state index in [-0.39, 0.29) is 6.04 Å². The van der Waals surface area contributed by atoms with Crippen LogP contribution in [-0.4, -0.2) is 19.1 Å². The van der Waals surface area contributed by atoms with E-state index in [2.05, 4.69) is 48.2 Å². The fourth-order valence-corrected chi connectivity index (χ4v) is 3.51. The number of benzene rings is 2. The van der Waals surface area contributed by atoms with Gasteiger partial charge in [0.25, 0.3) is 0 Å². The van der Waals surface area contributed by atoms with Gasteiger partial charge in [-0.2, -0.15) is 0 Å². The van der Waals surface area contributed by atoms with Crippen LogP contribution in [0.25, 0.3) is 11.3 Å². The Kier molecular flexibility index (Phi) is 4.46. The predicted molar refractivity (Wildman–Crippen MR) is 99.1 cm³/mol. The molecule has 1 heterocycles. The molecule has 0 aliphatic heterocycles. The molecule has 0 fully saturated rings. The summed E-state index contributed by atoms with van der Waals surface area (Å²) < 4.78 is 0. The Bertz CT molecular complexity index is 776. The van der Waals surface area contributed by atoms with E-state index in [1.165, 1.54) is 10.6 Å². The SMILES string of the molecule is Cc1sc(C(N)c2ccc(N(C)C)cc2)nc1-c1ccccc1. The Labute approximate surface area is 141 Å². The van der Waals surface area contributed by atoms with E-state index in [1.807, 2.05) is 32.3 Å². The van der Waals surface area contributed by atoms with Gasteiger partial charge in [-0.3, -0.25) is 0 Å².